The van der Waals surface area contributed by atoms with Gasteiger partial charge in [0.15, 0.2) is 0 Å². The quantitative estimate of drug-likeness (QED) is 0.666. The molecule has 0 spiro atoms. The van der Waals surface area contributed by atoms with Crippen LogP contribution in [-0.4, -0.2) is 49.5 Å². The molecule has 0 heterocycles. The Morgan fingerprint density at radius 1 is 1.12 bits per heavy atom. The normalized spacial score (nSPS) is 10.3. The molecule has 2 N–H and O–H groups in total. The number of nitrogens with zero attached hydrogens (tertiary/aromatic N) is 1. The molecular weight excluding hydrogens is 209 g/mol. The van der Waals surface area contributed by atoms with E-state index >= 15 is 0 Å². The molecule has 1 rings (SSSR count). The first-order valence-electron chi connectivity index (χ1n) is 4.98. The van der Waals surface area contributed by atoms with Crippen LogP contribution in [0.15, 0.2) is 24.3 Å². The fraction of sp³-hybridized carbons (Fsp3) is 0.400. The summed E-state index contributed by atoms with van der Waals surface area (Å²) in [6, 6.07) is 6.66. The Bertz CT molecular complexity index is 302. The SMILES string of the molecule is CN(C)CCOc1ccc(OB(O)O)cc1. The molecule has 0 saturated carbocycles. The van der Waals surface area contributed by atoms with Crippen molar-refractivity contribution in [2.24, 2.45) is 0 Å². The number of benzene rings is 1. The zero-order valence-electron chi connectivity index (χ0n) is 9.46. The van der Waals surface area contributed by atoms with Gasteiger partial charge in [0, 0.05) is 6.54 Å². The van der Waals surface area contributed by atoms with E-state index in [2.05, 4.69) is 4.65 Å². The highest BCUT2D eigenvalue weighted by Gasteiger charge is 2.10. The number of rotatable bonds is 6. The Kier molecular flexibility index (Phi) is 5.11. The minimum Gasteiger partial charge on any atom is -0.512 e. The largest absolute Gasteiger partial charge is 0.707 e. The lowest BCUT2D eigenvalue weighted by atomic mass is 10.2. The molecule has 1 aromatic carbocycles. The molecule has 0 bridgehead atoms. The summed E-state index contributed by atoms with van der Waals surface area (Å²) >= 11 is 0. The smallest absolute Gasteiger partial charge is 0.512 e. The van der Waals surface area contributed by atoms with Crippen LogP contribution in [0.3, 0.4) is 0 Å². The average Bonchev–Trinajstić information content (AvgIpc) is 2.19. The van der Waals surface area contributed by atoms with Crippen molar-refractivity contribution < 1.29 is 19.4 Å². The second-order valence-corrected chi connectivity index (χ2v) is 3.57. The summed E-state index contributed by atoms with van der Waals surface area (Å²) in [6.45, 7) is 1.45. The van der Waals surface area contributed by atoms with Crippen molar-refractivity contribution in [3.63, 3.8) is 0 Å². The van der Waals surface area contributed by atoms with Crippen molar-refractivity contribution >= 4 is 7.32 Å². The maximum atomic E-state index is 8.57. The van der Waals surface area contributed by atoms with E-state index in [4.69, 9.17) is 14.8 Å². The van der Waals surface area contributed by atoms with Gasteiger partial charge in [0.2, 0.25) is 0 Å². The monoisotopic (exact) mass is 225 g/mol. The lowest BCUT2D eigenvalue weighted by Gasteiger charge is -2.11. The highest BCUT2D eigenvalue weighted by Crippen LogP contribution is 2.17. The lowest BCUT2D eigenvalue weighted by molar-refractivity contribution is 0.260. The van der Waals surface area contributed by atoms with Gasteiger partial charge in [-0.2, -0.15) is 0 Å². The molecule has 88 valence electrons. The van der Waals surface area contributed by atoms with Crippen LogP contribution in [0.25, 0.3) is 0 Å². The Hall–Kier alpha value is -1.24. The van der Waals surface area contributed by atoms with Gasteiger partial charge in [-0.1, -0.05) is 0 Å². The van der Waals surface area contributed by atoms with Gasteiger partial charge >= 0.3 is 7.32 Å². The highest BCUT2D eigenvalue weighted by molar-refractivity contribution is 6.33. The van der Waals surface area contributed by atoms with E-state index in [-0.39, 0.29) is 0 Å². The summed E-state index contributed by atoms with van der Waals surface area (Å²) in [5, 5.41) is 17.1. The first kappa shape index (κ1) is 12.8. The van der Waals surface area contributed by atoms with Gasteiger partial charge < -0.3 is 24.3 Å². The number of ether oxygens (including phenoxy) is 1. The zero-order chi connectivity index (χ0) is 12.0. The second kappa shape index (κ2) is 6.37. The van der Waals surface area contributed by atoms with E-state index in [1.54, 1.807) is 24.3 Å². The molecule has 0 aromatic heterocycles. The van der Waals surface area contributed by atoms with E-state index in [9.17, 15) is 0 Å². The van der Waals surface area contributed by atoms with Gasteiger partial charge in [0.1, 0.15) is 18.1 Å². The number of hydrogen-bond acceptors (Lipinski definition) is 5. The first-order valence-corrected chi connectivity index (χ1v) is 4.98. The summed E-state index contributed by atoms with van der Waals surface area (Å²) in [5.41, 5.74) is 0. The minimum absolute atomic E-state index is 0.384. The van der Waals surface area contributed by atoms with Gasteiger partial charge in [-0.05, 0) is 38.4 Å². The van der Waals surface area contributed by atoms with Crippen LogP contribution >= 0.6 is 0 Å². The number of likely N-dealkylation sites (N-methyl/N-ethyl adjacent to an activating group) is 1. The fourth-order valence-electron chi connectivity index (χ4n) is 1.08. The van der Waals surface area contributed by atoms with E-state index in [1.807, 2.05) is 19.0 Å². The second-order valence-electron chi connectivity index (χ2n) is 3.57. The first-order chi connectivity index (χ1) is 7.58. The molecule has 0 fully saturated rings. The molecule has 5 nitrogen and oxygen atoms in total. The maximum absolute atomic E-state index is 8.57. The Morgan fingerprint density at radius 2 is 1.69 bits per heavy atom. The summed E-state index contributed by atoms with van der Waals surface area (Å²) in [7, 11) is 2.16. The Labute approximate surface area is 95.4 Å². The maximum Gasteiger partial charge on any atom is 0.707 e. The topological polar surface area (TPSA) is 62.2 Å². The molecule has 0 saturated heterocycles. The molecule has 0 unspecified atom stereocenters. The van der Waals surface area contributed by atoms with Gasteiger partial charge in [-0.25, -0.2) is 0 Å². The third kappa shape index (κ3) is 5.02. The van der Waals surface area contributed by atoms with Crippen LogP contribution in [0.1, 0.15) is 0 Å². The van der Waals surface area contributed by atoms with Gasteiger partial charge in [-0.15, -0.1) is 0 Å². The van der Waals surface area contributed by atoms with Crippen LogP contribution < -0.4 is 9.39 Å². The number of hydrogen-bond donors (Lipinski definition) is 2. The van der Waals surface area contributed by atoms with Crippen LogP contribution in [0, 0.1) is 0 Å². The fourth-order valence-corrected chi connectivity index (χ4v) is 1.08. The van der Waals surface area contributed by atoms with Crippen LogP contribution in [0.2, 0.25) is 0 Å². The summed E-state index contributed by atoms with van der Waals surface area (Å²) in [5.74, 6) is 1.11. The molecule has 0 aliphatic heterocycles. The predicted molar refractivity (Wildman–Crippen MR) is 61.3 cm³/mol. The third-order valence-electron chi connectivity index (χ3n) is 1.87. The van der Waals surface area contributed by atoms with Crippen LogP contribution in [0.5, 0.6) is 11.5 Å². The minimum atomic E-state index is -1.79. The third-order valence-corrected chi connectivity index (χ3v) is 1.87. The predicted octanol–water partition coefficient (Wildman–Crippen LogP) is -0.0247. The van der Waals surface area contributed by atoms with Crippen molar-refractivity contribution in [2.75, 3.05) is 27.2 Å². The Balaban J connectivity index is 2.39. The van der Waals surface area contributed by atoms with Crippen molar-refractivity contribution in [1.29, 1.82) is 0 Å². The van der Waals surface area contributed by atoms with Crippen molar-refractivity contribution in [2.45, 2.75) is 0 Å². The average molecular weight is 225 g/mol. The molecule has 6 heteroatoms. The molecule has 0 radical (unpaired) electrons. The van der Waals surface area contributed by atoms with Gasteiger partial charge in [0.05, 0.1) is 0 Å². The van der Waals surface area contributed by atoms with Crippen LogP contribution in [0.4, 0.5) is 0 Å². The van der Waals surface area contributed by atoms with E-state index in [0.29, 0.717) is 12.4 Å². The summed E-state index contributed by atoms with van der Waals surface area (Å²) in [6.07, 6.45) is 0. The molecule has 0 aliphatic rings. The van der Waals surface area contributed by atoms with E-state index < -0.39 is 7.32 Å². The summed E-state index contributed by atoms with van der Waals surface area (Å²) < 4.78 is 10.1. The lowest BCUT2D eigenvalue weighted by Crippen LogP contribution is -2.20. The van der Waals surface area contributed by atoms with E-state index in [0.717, 1.165) is 12.3 Å². The molecule has 0 amide bonds. The standard InChI is InChI=1S/C10H16BNO4/c1-12(2)7-8-15-9-3-5-10(6-4-9)16-11(13)14/h3-6,13-14H,7-8H2,1-2H3. The summed E-state index contributed by atoms with van der Waals surface area (Å²) in [4.78, 5) is 2.03. The van der Waals surface area contributed by atoms with Crippen molar-refractivity contribution in [3.8, 4) is 11.5 Å². The molecule has 1 aromatic rings. The van der Waals surface area contributed by atoms with Crippen LogP contribution in [-0.2, 0) is 0 Å². The van der Waals surface area contributed by atoms with Gasteiger partial charge in [-0.3, -0.25) is 0 Å². The van der Waals surface area contributed by atoms with Crippen molar-refractivity contribution in [1.82, 2.24) is 4.90 Å². The Morgan fingerprint density at radius 3 is 2.19 bits per heavy atom. The molecule has 0 atom stereocenters. The van der Waals surface area contributed by atoms with E-state index in [1.165, 1.54) is 0 Å². The van der Waals surface area contributed by atoms with Gasteiger partial charge in [0.25, 0.3) is 0 Å². The molecular formula is C10H16BNO4. The molecule has 16 heavy (non-hydrogen) atoms. The molecule has 0 aliphatic carbocycles. The van der Waals surface area contributed by atoms with Crippen molar-refractivity contribution in [3.05, 3.63) is 24.3 Å². The highest BCUT2D eigenvalue weighted by atomic mass is 16.6. The zero-order valence-corrected chi connectivity index (χ0v) is 9.46.